The lowest BCUT2D eigenvalue weighted by atomic mass is 9.87. The van der Waals surface area contributed by atoms with Crippen molar-refractivity contribution in [2.24, 2.45) is 0 Å². The Kier molecular flexibility index (Phi) is 7.21. The normalized spacial score (nSPS) is 11.6. The molecule has 11 aromatic rings. The molecule has 0 atom stereocenters. The minimum Gasteiger partial charge on any atom is -0.309 e. The van der Waals surface area contributed by atoms with Gasteiger partial charge in [0.25, 0.3) is 0 Å². The molecular formula is C53H34N2. The predicted octanol–water partition coefficient (Wildman–Crippen LogP) is 14.3. The van der Waals surface area contributed by atoms with Crippen LogP contribution in [0.15, 0.2) is 206 Å². The number of hydrogen-bond donors (Lipinski definition) is 0. The topological polar surface area (TPSA) is 17.8 Å². The molecule has 2 heteroatoms. The number of fused-ring (bicyclic) bond motifs is 6. The number of pyridine rings is 1. The van der Waals surface area contributed by atoms with Crippen LogP contribution in [-0.2, 0) is 0 Å². The second-order valence-corrected chi connectivity index (χ2v) is 14.3. The van der Waals surface area contributed by atoms with E-state index in [0.717, 1.165) is 28.1 Å². The summed E-state index contributed by atoms with van der Waals surface area (Å²) in [5.74, 6) is 0. The first-order valence-electron chi connectivity index (χ1n) is 18.9. The van der Waals surface area contributed by atoms with Crippen LogP contribution in [0.4, 0.5) is 0 Å². The highest BCUT2D eigenvalue weighted by Crippen LogP contribution is 2.44. The van der Waals surface area contributed by atoms with Gasteiger partial charge in [0.1, 0.15) is 0 Å². The van der Waals surface area contributed by atoms with Crippen molar-refractivity contribution in [2.75, 3.05) is 0 Å². The van der Waals surface area contributed by atoms with Gasteiger partial charge in [0, 0.05) is 33.8 Å². The molecule has 0 aliphatic heterocycles. The fourth-order valence-corrected chi connectivity index (χ4v) is 8.63. The monoisotopic (exact) mass is 698 g/mol. The van der Waals surface area contributed by atoms with Gasteiger partial charge in [0.05, 0.1) is 16.7 Å². The molecule has 9 aromatic carbocycles. The summed E-state index contributed by atoms with van der Waals surface area (Å²) < 4.78 is 2.39. The van der Waals surface area contributed by atoms with Crippen molar-refractivity contribution in [3.8, 4) is 50.3 Å². The number of aromatic nitrogens is 2. The van der Waals surface area contributed by atoms with E-state index in [1.165, 1.54) is 76.4 Å². The predicted molar refractivity (Wildman–Crippen MR) is 233 cm³/mol. The van der Waals surface area contributed by atoms with Gasteiger partial charge in [0.15, 0.2) is 0 Å². The molecule has 11 rings (SSSR count). The fourth-order valence-electron chi connectivity index (χ4n) is 8.63. The van der Waals surface area contributed by atoms with Gasteiger partial charge in [-0.2, -0.15) is 0 Å². The van der Waals surface area contributed by atoms with E-state index in [1.807, 2.05) is 6.20 Å². The largest absolute Gasteiger partial charge is 0.309 e. The minimum atomic E-state index is 0.968. The van der Waals surface area contributed by atoms with E-state index in [2.05, 4.69) is 205 Å². The van der Waals surface area contributed by atoms with Crippen molar-refractivity contribution in [3.05, 3.63) is 206 Å². The van der Waals surface area contributed by atoms with Crippen LogP contribution >= 0.6 is 0 Å². The number of benzene rings is 9. The van der Waals surface area contributed by atoms with Gasteiger partial charge in [0.2, 0.25) is 0 Å². The van der Waals surface area contributed by atoms with Crippen LogP contribution < -0.4 is 0 Å². The molecule has 2 aromatic heterocycles. The van der Waals surface area contributed by atoms with Crippen molar-refractivity contribution < 1.29 is 0 Å². The Labute approximate surface area is 319 Å². The maximum absolute atomic E-state index is 5.20. The van der Waals surface area contributed by atoms with Crippen LogP contribution in [0.25, 0.3) is 104 Å². The van der Waals surface area contributed by atoms with E-state index in [4.69, 9.17) is 4.98 Å². The van der Waals surface area contributed by atoms with Crippen molar-refractivity contribution >= 4 is 54.1 Å². The van der Waals surface area contributed by atoms with E-state index < -0.39 is 0 Å². The summed E-state index contributed by atoms with van der Waals surface area (Å²) in [6.45, 7) is 0. The molecule has 0 N–H and O–H groups in total. The molecule has 0 radical (unpaired) electrons. The zero-order valence-electron chi connectivity index (χ0n) is 30.0. The maximum atomic E-state index is 5.20. The molecule has 2 heterocycles. The molecular weight excluding hydrogens is 665 g/mol. The number of nitrogens with zero attached hydrogens (tertiary/aromatic N) is 2. The molecule has 0 aliphatic carbocycles. The highest BCUT2D eigenvalue weighted by Gasteiger charge is 2.18. The Bertz CT molecular complexity index is 3160. The summed E-state index contributed by atoms with van der Waals surface area (Å²) in [4.78, 5) is 5.20. The van der Waals surface area contributed by atoms with Crippen LogP contribution in [0.3, 0.4) is 0 Å². The Balaban J connectivity index is 1.04. The summed E-state index contributed by atoms with van der Waals surface area (Å²) in [5, 5.41) is 9.81. The lowest BCUT2D eigenvalue weighted by molar-refractivity contribution is 1.18. The zero-order valence-corrected chi connectivity index (χ0v) is 30.0. The standard InChI is InChI=1S/C53H34N2/c1-3-13-35(14-4-1)36-23-25-37(26-24-36)52-43-19-9-11-21-45(43)53(46-22-12-10-20-44(46)52)49-29-27-41(34-54-49)40-28-30-50-47(32-40)48-31-38-15-7-8-16-39(38)33-51(48)55(50)42-17-5-2-6-18-42/h1-34H. The second kappa shape index (κ2) is 12.7. The Hall–Kier alpha value is -7.29. The van der Waals surface area contributed by atoms with Crippen LogP contribution in [-0.4, -0.2) is 9.55 Å². The van der Waals surface area contributed by atoms with Gasteiger partial charge in [-0.05, 0) is 103 Å². The average molecular weight is 699 g/mol. The highest BCUT2D eigenvalue weighted by atomic mass is 15.0. The number of rotatable bonds is 5. The molecule has 0 fully saturated rings. The first-order chi connectivity index (χ1) is 27.3. The van der Waals surface area contributed by atoms with Gasteiger partial charge in [-0.15, -0.1) is 0 Å². The highest BCUT2D eigenvalue weighted by molar-refractivity contribution is 6.21. The van der Waals surface area contributed by atoms with Crippen LogP contribution in [0, 0.1) is 0 Å². The molecule has 0 amide bonds. The SMILES string of the molecule is c1ccc(-c2ccc(-c3c4ccccc4c(-c4ccc(-c5ccc6c(c5)c5cc7ccccc7cc5n6-c5ccccc5)cn4)c4ccccc34)cc2)cc1. The van der Waals surface area contributed by atoms with Gasteiger partial charge in [-0.25, -0.2) is 0 Å². The third-order valence-electron chi connectivity index (χ3n) is 11.2. The molecule has 55 heavy (non-hydrogen) atoms. The lowest BCUT2D eigenvalue weighted by Crippen LogP contribution is -1.93. The molecule has 0 saturated heterocycles. The summed E-state index contributed by atoms with van der Waals surface area (Å²) in [5.41, 5.74) is 12.8. The summed E-state index contributed by atoms with van der Waals surface area (Å²) in [7, 11) is 0. The van der Waals surface area contributed by atoms with Crippen molar-refractivity contribution in [3.63, 3.8) is 0 Å². The van der Waals surface area contributed by atoms with E-state index in [1.54, 1.807) is 0 Å². The minimum absolute atomic E-state index is 0.968. The molecule has 0 spiro atoms. The molecule has 2 nitrogen and oxygen atoms in total. The summed E-state index contributed by atoms with van der Waals surface area (Å²) >= 11 is 0. The fraction of sp³-hybridized carbons (Fsp3) is 0. The van der Waals surface area contributed by atoms with E-state index in [0.29, 0.717) is 0 Å². The average Bonchev–Trinajstić information content (AvgIpc) is 3.57. The van der Waals surface area contributed by atoms with Crippen LogP contribution in [0.2, 0.25) is 0 Å². The third-order valence-corrected chi connectivity index (χ3v) is 11.2. The quantitative estimate of drug-likeness (QED) is 0.164. The van der Waals surface area contributed by atoms with E-state index in [-0.39, 0.29) is 0 Å². The molecule has 0 aliphatic rings. The first-order valence-corrected chi connectivity index (χ1v) is 18.9. The second-order valence-electron chi connectivity index (χ2n) is 14.3. The van der Waals surface area contributed by atoms with Crippen molar-refractivity contribution in [2.45, 2.75) is 0 Å². The molecule has 0 unspecified atom stereocenters. The Morgan fingerprint density at radius 2 is 0.818 bits per heavy atom. The third kappa shape index (κ3) is 5.15. The van der Waals surface area contributed by atoms with Crippen LogP contribution in [0.1, 0.15) is 0 Å². The van der Waals surface area contributed by atoms with Gasteiger partial charge < -0.3 is 4.57 Å². The Morgan fingerprint density at radius 3 is 1.47 bits per heavy atom. The van der Waals surface area contributed by atoms with Gasteiger partial charge in [-0.3, -0.25) is 4.98 Å². The van der Waals surface area contributed by atoms with Gasteiger partial charge >= 0.3 is 0 Å². The number of hydrogen-bond acceptors (Lipinski definition) is 1. The lowest BCUT2D eigenvalue weighted by Gasteiger charge is -2.17. The van der Waals surface area contributed by atoms with Crippen molar-refractivity contribution in [1.82, 2.24) is 9.55 Å². The molecule has 0 saturated carbocycles. The van der Waals surface area contributed by atoms with E-state index >= 15 is 0 Å². The molecule has 0 bridgehead atoms. The van der Waals surface area contributed by atoms with Crippen molar-refractivity contribution in [1.29, 1.82) is 0 Å². The first kappa shape index (κ1) is 31.3. The van der Waals surface area contributed by atoms with E-state index in [9.17, 15) is 0 Å². The smallest absolute Gasteiger partial charge is 0.0714 e. The maximum Gasteiger partial charge on any atom is 0.0714 e. The van der Waals surface area contributed by atoms with Gasteiger partial charge in [-0.1, -0.05) is 158 Å². The Morgan fingerprint density at radius 1 is 0.309 bits per heavy atom. The molecule has 256 valence electrons. The zero-order chi connectivity index (χ0) is 36.3. The summed E-state index contributed by atoms with van der Waals surface area (Å²) in [6, 6.07) is 72.4. The summed E-state index contributed by atoms with van der Waals surface area (Å²) in [6.07, 6.45) is 2.04. The number of para-hydroxylation sites is 1. The van der Waals surface area contributed by atoms with Crippen LogP contribution in [0.5, 0.6) is 0 Å².